The number of benzene rings is 1. The number of nitrogens with zero attached hydrogens (tertiary/aromatic N) is 2. The zero-order valence-corrected chi connectivity index (χ0v) is 13.4. The minimum absolute atomic E-state index is 0.199. The molecule has 0 N–H and O–H groups in total. The number of rotatable bonds is 4. The molecule has 1 saturated heterocycles. The molecule has 1 aliphatic heterocycles. The van der Waals surface area contributed by atoms with Crippen LogP contribution >= 0.6 is 23.4 Å². The molecule has 0 aromatic heterocycles. The van der Waals surface area contributed by atoms with Crippen LogP contribution in [-0.2, 0) is 6.54 Å². The summed E-state index contributed by atoms with van der Waals surface area (Å²) in [6.07, 6.45) is 3.85. The number of ether oxygens (including phenoxy) is 1. The smallest absolute Gasteiger partial charge is 0.123 e. The highest BCUT2D eigenvalue weighted by atomic mass is 35.5. The van der Waals surface area contributed by atoms with E-state index in [0.717, 1.165) is 48.8 Å². The fourth-order valence-electron chi connectivity index (χ4n) is 2.55. The number of thioether (sulfide) groups is 1. The predicted molar refractivity (Wildman–Crippen MR) is 84.4 cm³/mol. The molecule has 0 saturated carbocycles. The van der Waals surface area contributed by atoms with Gasteiger partial charge in [0.05, 0.1) is 13.2 Å². The van der Waals surface area contributed by atoms with E-state index in [4.69, 9.17) is 16.3 Å². The van der Waals surface area contributed by atoms with Gasteiger partial charge in [0.1, 0.15) is 10.5 Å². The highest BCUT2D eigenvalue weighted by Crippen LogP contribution is 2.35. The summed E-state index contributed by atoms with van der Waals surface area (Å²) >= 11 is 7.74. The van der Waals surface area contributed by atoms with Gasteiger partial charge in [0.25, 0.3) is 0 Å². The lowest BCUT2D eigenvalue weighted by molar-refractivity contribution is 0.207. The Morgan fingerprint density at radius 3 is 2.70 bits per heavy atom. The van der Waals surface area contributed by atoms with Gasteiger partial charge in [-0.3, -0.25) is 4.90 Å². The van der Waals surface area contributed by atoms with Crippen molar-refractivity contribution >= 4 is 23.4 Å². The van der Waals surface area contributed by atoms with Gasteiger partial charge in [0, 0.05) is 30.2 Å². The van der Waals surface area contributed by atoms with Crippen LogP contribution in [0.3, 0.4) is 0 Å². The maximum atomic E-state index is 9.31. The van der Waals surface area contributed by atoms with Crippen LogP contribution in [0, 0.1) is 11.3 Å². The van der Waals surface area contributed by atoms with Crippen molar-refractivity contribution < 1.29 is 4.74 Å². The first-order valence-electron chi connectivity index (χ1n) is 6.63. The maximum absolute atomic E-state index is 9.31. The Bertz CT molecular complexity index is 507. The van der Waals surface area contributed by atoms with E-state index in [1.54, 1.807) is 18.9 Å². The molecule has 0 unspecified atom stereocenters. The number of methoxy groups -OCH3 is 1. The number of hydrogen-bond acceptors (Lipinski definition) is 4. The van der Waals surface area contributed by atoms with Gasteiger partial charge in [0.15, 0.2) is 0 Å². The summed E-state index contributed by atoms with van der Waals surface area (Å²) in [5, 5.41) is 10.0. The molecule has 20 heavy (non-hydrogen) atoms. The van der Waals surface area contributed by atoms with Crippen LogP contribution < -0.4 is 4.74 Å². The van der Waals surface area contributed by atoms with Crippen LogP contribution in [0.15, 0.2) is 18.2 Å². The van der Waals surface area contributed by atoms with Crippen molar-refractivity contribution in [1.29, 1.82) is 5.26 Å². The van der Waals surface area contributed by atoms with Crippen molar-refractivity contribution in [3.8, 4) is 11.8 Å². The Labute approximate surface area is 129 Å². The molecule has 108 valence electrons. The van der Waals surface area contributed by atoms with Crippen molar-refractivity contribution in [2.45, 2.75) is 24.1 Å². The second kappa shape index (κ2) is 6.71. The van der Waals surface area contributed by atoms with Gasteiger partial charge in [-0.2, -0.15) is 5.26 Å². The molecule has 2 rings (SSSR count). The van der Waals surface area contributed by atoms with Crippen molar-refractivity contribution in [1.82, 2.24) is 4.90 Å². The topological polar surface area (TPSA) is 36.3 Å². The van der Waals surface area contributed by atoms with E-state index in [2.05, 4.69) is 11.0 Å². The SMILES string of the molecule is COc1ccc(Cl)cc1CN1CCC(C#N)(SC)CC1. The van der Waals surface area contributed by atoms with E-state index in [9.17, 15) is 5.26 Å². The first-order chi connectivity index (χ1) is 9.62. The second-order valence-electron chi connectivity index (χ2n) is 5.04. The lowest BCUT2D eigenvalue weighted by Crippen LogP contribution is -2.41. The Morgan fingerprint density at radius 1 is 1.45 bits per heavy atom. The third kappa shape index (κ3) is 3.41. The molecule has 0 spiro atoms. The minimum Gasteiger partial charge on any atom is -0.496 e. The van der Waals surface area contributed by atoms with Gasteiger partial charge in [-0.25, -0.2) is 0 Å². The zero-order valence-electron chi connectivity index (χ0n) is 11.9. The van der Waals surface area contributed by atoms with Crippen LogP contribution in [-0.4, -0.2) is 36.1 Å². The molecule has 1 aromatic carbocycles. The minimum atomic E-state index is -0.199. The van der Waals surface area contributed by atoms with E-state index in [1.165, 1.54) is 0 Å². The molecule has 0 aliphatic carbocycles. The van der Waals surface area contributed by atoms with Crippen LogP contribution in [0.1, 0.15) is 18.4 Å². The van der Waals surface area contributed by atoms with Crippen molar-refractivity contribution in [3.63, 3.8) is 0 Å². The standard InChI is InChI=1S/C15H19ClN2OS/c1-19-14-4-3-13(16)9-12(14)10-18-7-5-15(11-17,20-2)6-8-18/h3-4,9H,5-8,10H2,1-2H3. The van der Waals surface area contributed by atoms with E-state index >= 15 is 0 Å². The second-order valence-corrected chi connectivity index (χ2v) is 6.67. The maximum Gasteiger partial charge on any atom is 0.123 e. The number of piperidine rings is 1. The van der Waals surface area contributed by atoms with Gasteiger partial charge in [-0.15, -0.1) is 11.8 Å². The predicted octanol–water partition coefficient (Wildman–Crippen LogP) is 3.57. The monoisotopic (exact) mass is 310 g/mol. The molecule has 0 bridgehead atoms. The Kier molecular flexibility index (Phi) is 5.20. The molecule has 1 aliphatic rings. The average Bonchev–Trinajstić information content (AvgIpc) is 2.49. The fourth-order valence-corrected chi connectivity index (χ4v) is 3.42. The normalized spacial score (nSPS) is 18.5. The van der Waals surface area contributed by atoms with Crippen molar-refractivity contribution in [2.24, 2.45) is 0 Å². The van der Waals surface area contributed by atoms with Crippen molar-refractivity contribution in [2.75, 3.05) is 26.5 Å². The number of nitriles is 1. The lowest BCUT2D eigenvalue weighted by atomic mass is 9.97. The first kappa shape index (κ1) is 15.5. The number of hydrogen-bond donors (Lipinski definition) is 0. The van der Waals surface area contributed by atoms with Gasteiger partial charge in [0.2, 0.25) is 0 Å². The first-order valence-corrected chi connectivity index (χ1v) is 8.24. The van der Waals surface area contributed by atoms with Gasteiger partial charge in [-0.1, -0.05) is 11.6 Å². The molecule has 1 fully saturated rings. The largest absolute Gasteiger partial charge is 0.496 e. The summed E-state index contributed by atoms with van der Waals surface area (Å²) in [5.41, 5.74) is 1.11. The Hall–Kier alpha value is -0.890. The average molecular weight is 311 g/mol. The summed E-state index contributed by atoms with van der Waals surface area (Å²) in [4.78, 5) is 2.36. The van der Waals surface area contributed by atoms with Crippen LogP contribution in [0.4, 0.5) is 0 Å². The molecule has 0 amide bonds. The van der Waals surface area contributed by atoms with Crippen LogP contribution in [0.2, 0.25) is 5.02 Å². The molecular weight excluding hydrogens is 292 g/mol. The van der Waals surface area contributed by atoms with Gasteiger partial charge >= 0.3 is 0 Å². The van der Waals surface area contributed by atoms with E-state index in [1.807, 2.05) is 24.5 Å². The van der Waals surface area contributed by atoms with Gasteiger partial charge < -0.3 is 4.74 Å². The third-order valence-corrected chi connectivity index (χ3v) is 5.41. The summed E-state index contributed by atoms with van der Waals surface area (Å²) in [7, 11) is 1.68. The number of likely N-dealkylation sites (tertiary alicyclic amines) is 1. The highest BCUT2D eigenvalue weighted by Gasteiger charge is 2.33. The molecule has 0 radical (unpaired) electrons. The number of halogens is 1. The van der Waals surface area contributed by atoms with E-state index < -0.39 is 0 Å². The fraction of sp³-hybridized carbons (Fsp3) is 0.533. The summed E-state index contributed by atoms with van der Waals surface area (Å²) in [6.45, 7) is 2.69. The third-order valence-electron chi connectivity index (χ3n) is 3.89. The zero-order chi connectivity index (χ0) is 14.6. The van der Waals surface area contributed by atoms with E-state index in [0.29, 0.717) is 0 Å². The molecule has 0 atom stereocenters. The molecule has 1 aromatic rings. The Morgan fingerprint density at radius 2 is 2.15 bits per heavy atom. The lowest BCUT2D eigenvalue weighted by Gasteiger charge is -2.36. The van der Waals surface area contributed by atoms with Crippen molar-refractivity contribution in [3.05, 3.63) is 28.8 Å². The molecule has 3 nitrogen and oxygen atoms in total. The van der Waals surface area contributed by atoms with Gasteiger partial charge in [-0.05, 0) is 37.3 Å². The van der Waals surface area contributed by atoms with Crippen LogP contribution in [0.25, 0.3) is 0 Å². The molecular formula is C15H19ClN2OS. The summed E-state index contributed by atoms with van der Waals surface area (Å²) < 4.78 is 5.18. The summed E-state index contributed by atoms with van der Waals surface area (Å²) in [6, 6.07) is 8.18. The molecule has 1 heterocycles. The summed E-state index contributed by atoms with van der Waals surface area (Å²) in [5.74, 6) is 0.872. The quantitative estimate of drug-likeness (QED) is 0.852. The Balaban J connectivity index is 2.03. The van der Waals surface area contributed by atoms with E-state index in [-0.39, 0.29) is 4.75 Å². The van der Waals surface area contributed by atoms with Crippen LogP contribution in [0.5, 0.6) is 5.75 Å². The molecule has 5 heteroatoms. The highest BCUT2D eigenvalue weighted by molar-refractivity contribution is 8.00.